The number of nitrogen functional groups attached to an aromatic ring is 1. The Morgan fingerprint density at radius 2 is 2.18 bits per heavy atom. The third-order valence-corrected chi connectivity index (χ3v) is 3.80. The molecule has 0 radical (unpaired) electrons. The molecule has 1 atom stereocenters. The van der Waals surface area contributed by atoms with Crippen LogP contribution in [0.1, 0.15) is 17.8 Å². The number of nitrogens with one attached hydrogen (secondary N) is 1. The molecule has 0 spiro atoms. The Labute approximate surface area is 108 Å². The van der Waals surface area contributed by atoms with Crippen LogP contribution in [0.3, 0.4) is 0 Å². The lowest BCUT2D eigenvalue weighted by atomic mass is 10.2. The molecule has 1 heterocycles. The summed E-state index contributed by atoms with van der Waals surface area (Å²) in [6, 6.07) is 6.98. The quantitative estimate of drug-likeness (QED) is 0.816. The van der Waals surface area contributed by atoms with Crippen LogP contribution >= 0.6 is 22.9 Å². The molecule has 0 aliphatic heterocycles. The Hall–Kier alpha value is -1.26. The molecule has 2 rings (SSSR count). The molecular weight excluding hydrogens is 259 g/mol. The largest absolute Gasteiger partial charge is 0.397 e. The first-order valence-corrected chi connectivity index (χ1v) is 6.38. The summed E-state index contributed by atoms with van der Waals surface area (Å²) in [5, 5.41) is 5.09. The summed E-state index contributed by atoms with van der Waals surface area (Å²) < 4.78 is 13.8. The first kappa shape index (κ1) is 12.2. The highest BCUT2D eigenvalue weighted by Crippen LogP contribution is 2.32. The second-order valence-corrected chi connectivity index (χ2v) is 5.09. The van der Waals surface area contributed by atoms with Gasteiger partial charge in [0.1, 0.15) is 0 Å². The highest BCUT2D eigenvalue weighted by Gasteiger charge is 2.14. The van der Waals surface area contributed by atoms with E-state index in [9.17, 15) is 4.39 Å². The Morgan fingerprint density at radius 1 is 1.41 bits per heavy atom. The van der Waals surface area contributed by atoms with E-state index >= 15 is 0 Å². The van der Waals surface area contributed by atoms with Crippen molar-refractivity contribution in [2.75, 3.05) is 11.1 Å². The minimum Gasteiger partial charge on any atom is -0.397 e. The predicted octanol–water partition coefficient (Wildman–Crippen LogP) is 4.30. The summed E-state index contributed by atoms with van der Waals surface area (Å²) >= 11 is 7.33. The Morgan fingerprint density at radius 3 is 2.82 bits per heavy atom. The van der Waals surface area contributed by atoms with Crippen LogP contribution in [0.4, 0.5) is 15.8 Å². The molecule has 17 heavy (non-hydrogen) atoms. The lowest BCUT2D eigenvalue weighted by Crippen LogP contribution is -2.09. The number of thiophene rings is 1. The van der Waals surface area contributed by atoms with Crippen molar-refractivity contribution in [3.05, 3.63) is 45.4 Å². The topological polar surface area (TPSA) is 38.0 Å². The van der Waals surface area contributed by atoms with Crippen LogP contribution in [0, 0.1) is 5.82 Å². The van der Waals surface area contributed by atoms with E-state index < -0.39 is 5.82 Å². The maximum atomic E-state index is 13.8. The summed E-state index contributed by atoms with van der Waals surface area (Å²) in [7, 11) is 0. The highest BCUT2D eigenvalue weighted by atomic mass is 35.5. The fourth-order valence-electron chi connectivity index (χ4n) is 1.54. The van der Waals surface area contributed by atoms with Gasteiger partial charge in [-0.25, -0.2) is 4.39 Å². The number of benzene rings is 1. The second kappa shape index (κ2) is 4.94. The van der Waals surface area contributed by atoms with Gasteiger partial charge in [0, 0.05) is 4.88 Å². The van der Waals surface area contributed by atoms with Gasteiger partial charge in [0.05, 0.1) is 22.4 Å². The van der Waals surface area contributed by atoms with Crippen molar-refractivity contribution in [2.45, 2.75) is 13.0 Å². The SMILES string of the molecule is CC(Nc1c(N)ccc(Cl)c1F)c1cccs1. The van der Waals surface area contributed by atoms with Crippen molar-refractivity contribution in [2.24, 2.45) is 0 Å². The summed E-state index contributed by atoms with van der Waals surface area (Å²) in [5.74, 6) is -0.505. The molecule has 1 unspecified atom stereocenters. The lowest BCUT2D eigenvalue weighted by Gasteiger charge is -2.16. The van der Waals surface area contributed by atoms with E-state index in [0.717, 1.165) is 4.88 Å². The zero-order valence-corrected chi connectivity index (χ0v) is 10.8. The van der Waals surface area contributed by atoms with E-state index in [1.807, 2.05) is 24.4 Å². The molecule has 0 amide bonds. The Balaban J connectivity index is 2.27. The van der Waals surface area contributed by atoms with Crippen LogP contribution in [0.25, 0.3) is 0 Å². The van der Waals surface area contributed by atoms with E-state index in [1.165, 1.54) is 6.07 Å². The summed E-state index contributed by atoms with van der Waals surface area (Å²) in [6.45, 7) is 1.95. The van der Waals surface area contributed by atoms with Crippen LogP contribution < -0.4 is 11.1 Å². The standard InChI is InChI=1S/C12H12ClFN2S/c1-7(10-3-2-6-17-10)16-12-9(15)5-4-8(13)11(12)14/h2-7,16H,15H2,1H3. The Bertz CT molecular complexity index is 513. The first-order valence-electron chi connectivity index (χ1n) is 5.13. The number of rotatable bonds is 3. The van der Waals surface area contributed by atoms with Gasteiger partial charge in [-0.05, 0) is 30.5 Å². The van der Waals surface area contributed by atoms with Crippen LogP contribution in [0.2, 0.25) is 5.02 Å². The molecule has 0 saturated carbocycles. The van der Waals surface area contributed by atoms with Crippen LogP contribution in [0.15, 0.2) is 29.6 Å². The van der Waals surface area contributed by atoms with E-state index in [2.05, 4.69) is 5.32 Å². The fourth-order valence-corrected chi connectivity index (χ4v) is 2.43. The molecule has 2 nitrogen and oxygen atoms in total. The van der Waals surface area contributed by atoms with Crippen molar-refractivity contribution in [1.82, 2.24) is 0 Å². The Kier molecular flexibility index (Phi) is 3.54. The third kappa shape index (κ3) is 2.53. The molecule has 0 bridgehead atoms. The molecule has 5 heteroatoms. The van der Waals surface area contributed by atoms with Gasteiger partial charge in [0.15, 0.2) is 5.82 Å². The number of hydrogen-bond acceptors (Lipinski definition) is 3. The van der Waals surface area contributed by atoms with Crippen LogP contribution in [-0.2, 0) is 0 Å². The maximum Gasteiger partial charge on any atom is 0.166 e. The van der Waals surface area contributed by atoms with Crippen molar-refractivity contribution in [3.63, 3.8) is 0 Å². The van der Waals surface area contributed by atoms with Gasteiger partial charge < -0.3 is 11.1 Å². The molecule has 1 aromatic heterocycles. The normalized spacial score (nSPS) is 12.4. The number of nitrogens with two attached hydrogens (primary N) is 1. The van der Waals surface area contributed by atoms with Crippen LogP contribution in [-0.4, -0.2) is 0 Å². The summed E-state index contributed by atoms with van der Waals surface area (Å²) in [5.41, 5.74) is 6.35. The molecule has 0 saturated heterocycles. The maximum absolute atomic E-state index is 13.8. The van der Waals surface area contributed by atoms with E-state index in [1.54, 1.807) is 17.4 Å². The average molecular weight is 271 g/mol. The van der Waals surface area contributed by atoms with E-state index in [-0.39, 0.29) is 16.8 Å². The monoisotopic (exact) mass is 270 g/mol. The zero-order chi connectivity index (χ0) is 12.4. The minimum absolute atomic E-state index is 0.00901. The van der Waals surface area contributed by atoms with Crippen molar-refractivity contribution in [3.8, 4) is 0 Å². The van der Waals surface area contributed by atoms with Gasteiger partial charge in [-0.15, -0.1) is 11.3 Å². The van der Waals surface area contributed by atoms with Crippen LogP contribution in [0.5, 0.6) is 0 Å². The van der Waals surface area contributed by atoms with E-state index in [0.29, 0.717) is 5.69 Å². The van der Waals surface area contributed by atoms with Gasteiger partial charge in [-0.3, -0.25) is 0 Å². The molecule has 0 aliphatic carbocycles. The average Bonchev–Trinajstić information content (AvgIpc) is 2.83. The van der Waals surface area contributed by atoms with Gasteiger partial charge in [-0.2, -0.15) is 0 Å². The van der Waals surface area contributed by atoms with Crippen molar-refractivity contribution >= 4 is 34.3 Å². The highest BCUT2D eigenvalue weighted by molar-refractivity contribution is 7.10. The predicted molar refractivity (Wildman–Crippen MR) is 72.2 cm³/mol. The van der Waals surface area contributed by atoms with Gasteiger partial charge >= 0.3 is 0 Å². The molecule has 0 aliphatic rings. The number of anilines is 2. The third-order valence-electron chi connectivity index (χ3n) is 2.46. The summed E-state index contributed by atoms with van der Waals surface area (Å²) in [4.78, 5) is 1.11. The molecular formula is C12H12ClFN2S. The molecule has 90 valence electrons. The van der Waals surface area contributed by atoms with Gasteiger partial charge in [0.2, 0.25) is 0 Å². The molecule has 0 fully saturated rings. The number of halogens is 2. The van der Waals surface area contributed by atoms with E-state index in [4.69, 9.17) is 17.3 Å². The lowest BCUT2D eigenvalue weighted by molar-refractivity contribution is 0.629. The minimum atomic E-state index is -0.505. The van der Waals surface area contributed by atoms with Gasteiger partial charge in [-0.1, -0.05) is 17.7 Å². The molecule has 3 N–H and O–H groups in total. The fraction of sp³-hybridized carbons (Fsp3) is 0.167. The van der Waals surface area contributed by atoms with Gasteiger partial charge in [0.25, 0.3) is 0 Å². The van der Waals surface area contributed by atoms with Crippen molar-refractivity contribution in [1.29, 1.82) is 0 Å². The smallest absolute Gasteiger partial charge is 0.166 e. The second-order valence-electron chi connectivity index (χ2n) is 3.71. The summed E-state index contributed by atoms with van der Waals surface area (Å²) in [6.07, 6.45) is 0. The molecule has 1 aromatic carbocycles. The zero-order valence-electron chi connectivity index (χ0n) is 9.21. The van der Waals surface area contributed by atoms with Crippen molar-refractivity contribution < 1.29 is 4.39 Å². The number of hydrogen-bond donors (Lipinski definition) is 2. The first-order chi connectivity index (χ1) is 8.09. The molecule has 2 aromatic rings.